The molecule has 116 valence electrons. The van der Waals surface area contributed by atoms with E-state index in [9.17, 15) is 4.79 Å². The van der Waals surface area contributed by atoms with Crippen molar-refractivity contribution in [2.24, 2.45) is 23.0 Å². The van der Waals surface area contributed by atoms with Gasteiger partial charge in [-0.3, -0.25) is 4.79 Å². The van der Waals surface area contributed by atoms with Gasteiger partial charge in [0.05, 0.1) is 6.42 Å². The molecule has 0 heterocycles. The van der Waals surface area contributed by atoms with Gasteiger partial charge in [-0.1, -0.05) is 33.1 Å². The van der Waals surface area contributed by atoms with Crippen molar-refractivity contribution in [1.82, 2.24) is 0 Å². The van der Waals surface area contributed by atoms with Crippen LogP contribution in [0.25, 0.3) is 0 Å². The van der Waals surface area contributed by atoms with Gasteiger partial charge in [-0.25, -0.2) is 0 Å². The van der Waals surface area contributed by atoms with Crippen LogP contribution in [0.5, 0.6) is 0 Å². The van der Waals surface area contributed by atoms with E-state index < -0.39 is 0 Å². The van der Waals surface area contributed by atoms with E-state index in [1.807, 2.05) is 0 Å². The van der Waals surface area contributed by atoms with Crippen molar-refractivity contribution in [3.8, 4) is 0 Å². The molecule has 0 saturated heterocycles. The van der Waals surface area contributed by atoms with Crippen LogP contribution in [-0.4, -0.2) is 18.6 Å². The van der Waals surface area contributed by atoms with E-state index in [2.05, 4.69) is 13.8 Å². The van der Waals surface area contributed by atoms with Gasteiger partial charge in [-0.15, -0.1) is 0 Å². The Kier molecular flexibility index (Phi) is 5.48. The zero-order valence-electron chi connectivity index (χ0n) is 13.2. The van der Waals surface area contributed by atoms with Gasteiger partial charge < -0.3 is 10.5 Å². The number of carbonyl (C=O) groups excluding carboxylic acids is 1. The average molecular weight is 281 g/mol. The Bertz CT molecular complexity index is 313. The maximum Gasteiger partial charge on any atom is 0.306 e. The van der Waals surface area contributed by atoms with Crippen molar-refractivity contribution in [3.05, 3.63) is 0 Å². The number of rotatable bonds is 4. The minimum atomic E-state index is -0.0105. The van der Waals surface area contributed by atoms with E-state index in [1.165, 1.54) is 25.7 Å². The van der Waals surface area contributed by atoms with E-state index in [0.717, 1.165) is 25.7 Å². The molecule has 3 heteroatoms. The first-order valence-electron chi connectivity index (χ1n) is 8.42. The summed E-state index contributed by atoms with van der Waals surface area (Å²) in [6.45, 7) is 5.15. The largest absolute Gasteiger partial charge is 0.462 e. The van der Waals surface area contributed by atoms with Crippen molar-refractivity contribution in [1.29, 1.82) is 0 Å². The van der Waals surface area contributed by atoms with E-state index in [-0.39, 0.29) is 17.5 Å². The molecule has 2 rings (SSSR count). The number of nitrogens with two attached hydrogens (primary N) is 1. The lowest BCUT2D eigenvalue weighted by atomic mass is 9.72. The van der Waals surface area contributed by atoms with Gasteiger partial charge in [0.2, 0.25) is 0 Å². The molecule has 3 nitrogen and oxygen atoms in total. The standard InChI is InChI=1S/C17H31NO2/c1-13-8-14(2)10-15(9-13)20-16(19)11-17(12-18)6-4-3-5-7-17/h13-15H,3-12,18H2,1-2H3. The third-order valence-corrected chi connectivity index (χ3v) is 5.30. The lowest BCUT2D eigenvalue weighted by molar-refractivity contribution is -0.155. The minimum absolute atomic E-state index is 0.0105. The molecule has 2 saturated carbocycles. The Hall–Kier alpha value is -0.570. The maximum absolute atomic E-state index is 12.3. The second kappa shape index (κ2) is 6.93. The zero-order valence-corrected chi connectivity index (χ0v) is 13.2. The monoisotopic (exact) mass is 281 g/mol. The molecule has 2 aliphatic rings. The quantitative estimate of drug-likeness (QED) is 0.800. The molecule has 0 aromatic rings. The van der Waals surface area contributed by atoms with Crippen LogP contribution in [0.15, 0.2) is 0 Å². The highest BCUT2D eigenvalue weighted by atomic mass is 16.5. The molecular formula is C17H31NO2. The molecule has 2 N–H and O–H groups in total. The Morgan fingerprint density at radius 1 is 1.10 bits per heavy atom. The Labute approximate surface area is 123 Å². The first kappa shape index (κ1) is 15.8. The van der Waals surface area contributed by atoms with Gasteiger partial charge in [-0.2, -0.15) is 0 Å². The van der Waals surface area contributed by atoms with Crippen LogP contribution in [-0.2, 0) is 9.53 Å². The molecule has 2 unspecified atom stereocenters. The molecular weight excluding hydrogens is 250 g/mol. The lowest BCUT2D eigenvalue weighted by Crippen LogP contribution is -2.37. The van der Waals surface area contributed by atoms with Crippen LogP contribution in [0.3, 0.4) is 0 Å². The van der Waals surface area contributed by atoms with Gasteiger partial charge in [0.1, 0.15) is 6.10 Å². The van der Waals surface area contributed by atoms with Gasteiger partial charge in [-0.05, 0) is 55.9 Å². The number of hydrogen-bond acceptors (Lipinski definition) is 3. The van der Waals surface area contributed by atoms with Crippen LogP contribution in [0.2, 0.25) is 0 Å². The fourth-order valence-electron chi connectivity index (χ4n) is 4.26. The summed E-state index contributed by atoms with van der Waals surface area (Å²) in [5.74, 6) is 1.34. The van der Waals surface area contributed by atoms with Crippen LogP contribution in [0, 0.1) is 17.3 Å². The summed E-state index contributed by atoms with van der Waals surface area (Å²) in [5, 5.41) is 0. The molecule has 0 bridgehead atoms. The molecule has 0 aromatic carbocycles. The van der Waals surface area contributed by atoms with Crippen LogP contribution < -0.4 is 5.73 Å². The highest BCUT2D eigenvalue weighted by Crippen LogP contribution is 2.39. The number of carbonyl (C=O) groups is 1. The SMILES string of the molecule is CC1CC(C)CC(OC(=O)CC2(CN)CCCCC2)C1. The Balaban J connectivity index is 1.84. The zero-order chi connectivity index (χ0) is 14.6. The van der Waals surface area contributed by atoms with Crippen molar-refractivity contribution in [2.75, 3.05) is 6.54 Å². The molecule has 20 heavy (non-hydrogen) atoms. The molecule has 0 radical (unpaired) electrons. The van der Waals surface area contributed by atoms with Crippen LogP contribution in [0.4, 0.5) is 0 Å². The van der Waals surface area contributed by atoms with Crippen molar-refractivity contribution >= 4 is 5.97 Å². The van der Waals surface area contributed by atoms with Gasteiger partial charge in [0, 0.05) is 0 Å². The molecule has 2 atom stereocenters. The average Bonchev–Trinajstić information content (AvgIpc) is 2.38. The van der Waals surface area contributed by atoms with Gasteiger partial charge >= 0.3 is 5.97 Å². The number of esters is 1. The highest BCUT2D eigenvalue weighted by molar-refractivity contribution is 5.70. The summed E-state index contributed by atoms with van der Waals surface area (Å²) in [6, 6.07) is 0. The number of hydrogen-bond donors (Lipinski definition) is 1. The second-order valence-electron chi connectivity index (χ2n) is 7.47. The molecule has 0 amide bonds. The maximum atomic E-state index is 12.3. The summed E-state index contributed by atoms with van der Waals surface area (Å²) in [6.07, 6.45) is 9.89. The van der Waals surface area contributed by atoms with E-state index in [4.69, 9.17) is 10.5 Å². The van der Waals surface area contributed by atoms with Gasteiger partial charge in [0.25, 0.3) is 0 Å². The van der Waals surface area contributed by atoms with Gasteiger partial charge in [0.15, 0.2) is 0 Å². The minimum Gasteiger partial charge on any atom is -0.462 e. The molecule has 0 spiro atoms. The van der Waals surface area contributed by atoms with Crippen molar-refractivity contribution in [3.63, 3.8) is 0 Å². The summed E-state index contributed by atoms with van der Waals surface area (Å²) < 4.78 is 5.77. The predicted molar refractivity (Wildman–Crippen MR) is 81.2 cm³/mol. The van der Waals surface area contributed by atoms with E-state index in [0.29, 0.717) is 24.8 Å². The first-order valence-corrected chi connectivity index (χ1v) is 8.42. The van der Waals surface area contributed by atoms with E-state index in [1.54, 1.807) is 0 Å². The predicted octanol–water partition coefficient (Wildman–Crippen LogP) is 3.65. The lowest BCUT2D eigenvalue weighted by Gasteiger charge is -2.36. The van der Waals surface area contributed by atoms with Crippen molar-refractivity contribution in [2.45, 2.75) is 77.7 Å². The fraction of sp³-hybridized carbons (Fsp3) is 0.941. The molecule has 0 aliphatic heterocycles. The van der Waals surface area contributed by atoms with Crippen LogP contribution >= 0.6 is 0 Å². The van der Waals surface area contributed by atoms with E-state index >= 15 is 0 Å². The third kappa shape index (κ3) is 4.21. The molecule has 2 fully saturated rings. The fourth-order valence-corrected chi connectivity index (χ4v) is 4.26. The summed E-state index contributed by atoms with van der Waals surface area (Å²) >= 11 is 0. The summed E-state index contributed by atoms with van der Waals surface area (Å²) in [7, 11) is 0. The highest BCUT2D eigenvalue weighted by Gasteiger charge is 2.35. The second-order valence-corrected chi connectivity index (χ2v) is 7.47. The normalized spacial score (nSPS) is 33.6. The smallest absolute Gasteiger partial charge is 0.306 e. The topological polar surface area (TPSA) is 52.3 Å². The summed E-state index contributed by atoms with van der Waals surface area (Å²) in [4.78, 5) is 12.3. The Morgan fingerprint density at radius 2 is 1.70 bits per heavy atom. The Morgan fingerprint density at radius 3 is 2.25 bits per heavy atom. The molecule has 2 aliphatic carbocycles. The first-order chi connectivity index (χ1) is 9.53. The summed E-state index contributed by atoms with van der Waals surface area (Å²) in [5.41, 5.74) is 5.99. The number of ether oxygens (including phenoxy) is 1. The third-order valence-electron chi connectivity index (χ3n) is 5.30. The van der Waals surface area contributed by atoms with Crippen LogP contribution in [0.1, 0.15) is 71.6 Å². The molecule has 0 aromatic heterocycles. The van der Waals surface area contributed by atoms with Crippen molar-refractivity contribution < 1.29 is 9.53 Å².